The lowest BCUT2D eigenvalue weighted by Gasteiger charge is -2.44. The molecule has 7 N–H and O–H groups in total. The number of aromatic hydroxyl groups is 1. The first-order valence-corrected chi connectivity index (χ1v) is 19.1. The number of likely N-dealkylation sites (tertiary alicyclic amines) is 2. The van der Waals surface area contributed by atoms with Crippen LogP contribution in [0.5, 0.6) is 5.75 Å². The summed E-state index contributed by atoms with van der Waals surface area (Å²) in [5.41, 5.74) is 12.6. The predicted octanol–water partition coefficient (Wildman–Crippen LogP) is 2.31. The number of hydrogen-bond acceptors (Lipinski definition) is 12. The highest BCUT2D eigenvalue weighted by Crippen LogP contribution is 2.39. The van der Waals surface area contributed by atoms with Gasteiger partial charge in [-0.05, 0) is 73.6 Å². The molecule has 15 heteroatoms. The molecule has 5 atom stereocenters. The molecule has 2 aromatic rings. The van der Waals surface area contributed by atoms with Gasteiger partial charge in [-0.1, -0.05) is 32.9 Å². The number of hydrogen-bond donors (Lipinski definition) is 6. The number of carboxylic acid groups (broad SMARTS) is 1. The molecule has 290 valence electrons. The second kappa shape index (κ2) is 14.6. The van der Waals surface area contributed by atoms with Crippen molar-refractivity contribution in [2.75, 3.05) is 31.6 Å². The molecule has 15 nitrogen and oxygen atoms in total. The Morgan fingerprint density at radius 1 is 0.981 bits per heavy atom. The number of allylic oxidation sites excluding steroid dienone is 1. The number of β-amino-alcohol motifs (C(OH)–C–C–N with tert-alkyl or cyclic N) is 1. The van der Waals surface area contributed by atoms with Gasteiger partial charge in [-0.25, -0.2) is 14.8 Å². The van der Waals surface area contributed by atoms with E-state index in [1.165, 1.54) is 4.90 Å². The monoisotopic (exact) mass is 743 g/mol. The summed E-state index contributed by atoms with van der Waals surface area (Å²) in [6.45, 7) is 7.00. The van der Waals surface area contributed by atoms with Gasteiger partial charge in [0.1, 0.15) is 23.7 Å². The number of aliphatic hydroxyl groups is 1. The maximum Gasteiger partial charge on any atom is 0.326 e. The van der Waals surface area contributed by atoms with Gasteiger partial charge in [0, 0.05) is 69.1 Å². The standard InChI is InChI=1S/C39H53N9O6/c1-39(2,3)33(36(52)47-21-27(49)15-31(47)37(53)54)43-35(51)23-11-9-22(10-12-23)24-17-41-38(42-18-24)48-25-13-14-26(48)20-46(19-25)30-16-29(45(4)44-34(30)40)28-7-5-6-8-32(28)50/h5-8,16-18,22-23,25-27,31,33,44,49-50H,9-15,19-21,40H2,1-4H3,(H,43,51)(H,53,54)/t22?,23?,25?,26?,27-,31+,33-/m1/s1. The Morgan fingerprint density at radius 3 is 2.24 bits per heavy atom. The van der Waals surface area contributed by atoms with Crippen molar-refractivity contribution in [3.8, 4) is 5.75 Å². The number of piperazine rings is 1. The number of phenolic OH excluding ortho intramolecular Hbond substituents is 1. The van der Waals surface area contributed by atoms with Gasteiger partial charge in [0.2, 0.25) is 17.8 Å². The number of nitrogens with zero attached hydrogens (tertiary/aromatic N) is 6. The SMILES string of the molecule is CN1NC(N)=C(N2CC3CCC(C2)N3c2ncc(C3CCC(C(=O)N[C@H](C(=O)N4C[C@H](O)C[C@H]4C(=O)O)C(C)(C)C)CC3)cn2)C=C1c1ccccc1O. The highest BCUT2D eigenvalue weighted by molar-refractivity contribution is 5.92. The van der Waals surface area contributed by atoms with Gasteiger partial charge in [0.15, 0.2) is 0 Å². The molecule has 2 unspecified atom stereocenters. The number of para-hydroxylation sites is 1. The highest BCUT2D eigenvalue weighted by atomic mass is 16.4. The number of phenols is 1. The molecule has 4 fully saturated rings. The lowest BCUT2D eigenvalue weighted by molar-refractivity contribution is -0.151. The van der Waals surface area contributed by atoms with Crippen LogP contribution >= 0.6 is 0 Å². The minimum Gasteiger partial charge on any atom is -0.507 e. The minimum absolute atomic E-state index is 0.0239. The van der Waals surface area contributed by atoms with Crippen LogP contribution in [0.1, 0.15) is 82.8 Å². The highest BCUT2D eigenvalue weighted by Gasteiger charge is 2.46. The summed E-state index contributed by atoms with van der Waals surface area (Å²) in [5, 5.41) is 35.1. The van der Waals surface area contributed by atoms with Crippen LogP contribution in [0.25, 0.3) is 5.70 Å². The third kappa shape index (κ3) is 7.25. The van der Waals surface area contributed by atoms with Crippen LogP contribution < -0.4 is 21.4 Å². The number of aliphatic carboxylic acids is 1. The molecule has 0 spiro atoms. The third-order valence-corrected chi connectivity index (χ3v) is 11.9. The molecule has 5 heterocycles. The Labute approximate surface area is 315 Å². The number of amides is 2. The summed E-state index contributed by atoms with van der Waals surface area (Å²) in [6.07, 6.45) is 9.89. The van der Waals surface area contributed by atoms with E-state index < -0.39 is 35.5 Å². The lowest BCUT2D eigenvalue weighted by atomic mass is 9.78. The van der Waals surface area contributed by atoms with Crippen molar-refractivity contribution in [2.45, 2.75) is 102 Å². The van der Waals surface area contributed by atoms with Crippen molar-refractivity contribution < 1.29 is 29.7 Å². The maximum absolute atomic E-state index is 13.6. The first-order valence-electron chi connectivity index (χ1n) is 19.1. The molecule has 1 saturated carbocycles. The molecule has 7 rings (SSSR count). The fraction of sp³-hybridized carbons (Fsp3) is 0.564. The lowest BCUT2D eigenvalue weighted by Crippen LogP contribution is -2.57. The number of nitrogens with two attached hydrogens (primary N) is 1. The zero-order valence-electron chi connectivity index (χ0n) is 31.5. The number of anilines is 1. The van der Waals surface area contributed by atoms with Gasteiger partial charge in [-0.3, -0.25) is 20.0 Å². The number of hydrazine groups is 1. The largest absolute Gasteiger partial charge is 0.507 e. The van der Waals surface area contributed by atoms with Gasteiger partial charge in [-0.2, -0.15) is 0 Å². The van der Waals surface area contributed by atoms with E-state index in [2.05, 4.69) is 20.5 Å². The minimum atomic E-state index is -1.16. The van der Waals surface area contributed by atoms with Gasteiger partial charge < -0.3 is 41.1 Å². The fourth-order valence-corrected chi connectivity index (χ4v) is 8.97. The maximum atomic E-state index is 13.6. The summed E-state index contributed by atoms with van der Waals surface area (Å²) >= 11 is 0. The van der Waals surface area contributed by atoms with E-state index >= 15 is 0 Å². The van der Waals surface area contributed by atoms with Crippen molar-refractivity contribution in [3.05, 3.63) is 65.4 Å². The fourth-order valence-electron chi connectivity index (χ4n) is 8.97. The second-order valence-electron chi connectivity index (χ2n) is 16.6. The quantitative estimate of drug-likeness (QED) is 0.230. The number of fused-ring (bicyclic) bond motifs is 2. The van der Waals surface area contributed by atoms with Crippen LogP contribution in [-0.2, 0) is 14.4 Å². The number of rotatable bonds is 8. The zero-order chi connectivity index (χ0) is 38.5. The number of carbonyl (C=O) groups is 3. The number of benzene rings is 1. The summed E-state index contributed by atoms with van der Waals surface area (Å²) < 4.78 is 0. The van der Waals surface area contributed by atoms with Crippen LogP contribution in [0, 0.1) is 11.3 Å². The molecule has 1 aliphatic carbocycles. The topological polar surface area (TPSA) is 201 Å². The number of carboxylic acids is 1. The average Bonchev–Trinajstić information content (AvgIpc) is 3.66. The summed E-state index contributed by atoms with van der Waals surface area (Å²) in [4.78, 5) is 54.5. The predicted molar refractivity (Wildman–Crippen MR) is 201 cm³/mol. The first kappa shape index (κ1) is 37.3. The van der Waals surface area contributed by atoms with Crippen molar-refractivity contribution in [3.63, 3.8) is 0 Å². The molecule has 4 aliphatic heterocycles. The Balaban J connectivity index is 0.957. The van der Waals surface area contributed by atoms with E-state index in [9.17, 15) is 29.7 Å². The Kier molecular flexibility index (Phi) is 10.1. The third-order valence-electron chi connectivity index (χ3n) is 11.9. The zero-order valence-corrected chi connectivity index (χ0v) is 31.5. The van der Waals surface area contributed by atoms with Gasteiger partial charge >= 0.3 is 5.97 Å². The van der Waals surface area contributed by atoms with E-state index in [-0.39, 0.29) is 48.5 Å². The van der Waals surface area contributed by atoms with Crippen LogP contribution in [0.4, 0.5) is 5.95 Å². The average molecular weight is 744 g/mol. The molecule has 0 radical (unpaired) electrons. The van der Waals surface area contributed by atoms with Crippen molar-refractivity contribution in [1.82, 2.24) is 35.5 Å². The number of aromatic nitrogens is 2. The molecule has 5 aliphatic rings. The molecule has 3 saturated heterocycles. The number of aliphatic hydroxyl groups excluding tert-OH is 1. The normalized spacial score (nSPS) is 27.8. The molecule has 54 heavy (non-hydrogen) atoms. The Morgan fingerprint density at radius 2 is 1.63 bits per heavy atom. The van der Waals surface area contributed by atoms with Crippen molar-refractivity contribution in [2.24, 2.45) is 17.1 Å². The van der Waals surface area contributed by atoms with Crippen LogP contribution in [0.3, 0.4) is 0 Å². The molecule has 1 aromatic carbocycles. The van der Waals surface area contributed by atoms with E-state index in [0.29, 0.717) is 18.7 Å². The summed E-state index contributed by atoms with van der Waals surface area (Å²) in [6, 6.07) is 5.69. The molecular weight excluding hydrogens is 690 g/mol. The Hall–Kier alpha value is -5.05. The van der Waals surface area contributed by atoms with Gasteiger partial charge in [0.25, 0.3) is 0 Å². The number of nitrogens with one attached hydrogen (secondary N) is 2. The van der Waals surface area contributed by atoms with E-state index in [1.54, 1.807) is 12.1 Å². The van der Waals surface area contributed by atoms with E-state index in [0.717, 1.165) is 67.2 Å². The van der Waals surface area contributed by atoms with Crippen molar-refractivity contribution in [1.29, 1.82) is 0 Å². The van der Waals surface area contributed by atoms with Crippen LogP contribution in [0.15, 0.2) is 54.3 Å². The van der Waals surface area contributed by atoms with Crippen molar-refractivity contribution >= 4 is 29.4 Å². The summed E-state index contributed by atoms with van der Waals surface area (Å²) in [7, 11) is 1.88. The second-order valence-corrected chi connectivity index (χ2v) is 16.6. The smallest absolute Gasteiger partial charge is 0.326 e. The van der Waals surface area contributed by atoms with Crippen LogP contribution in [-0.4, -0.2) is 115 Å². The van der Waals surface area contributed by atoms with E-state index in [4.69, 9.17) is 15.7 Å². The molecule has 2 amide bonds. The molecule has 1 aromatic heterocycles. The Bertz CT molecular complexity index is 1800. The van der Waals surface area contributed by atoms with Gasteiger partial charge in [0.05, 0.1) is 17.5 Å². The van der Waals surface area contributed by atoms with E-state index in [1.807, 2.05) is 63.4 Å². The summed E-state index contributed by atoms with van der Waals surface area (Å²) in [5.74, 6) is -0.388. The first-order chi connectivity index (χ1) is 25.7. The van der Waals surface area contributed by atoms with Crippen LogP contribution in [0.2, 0.25) is 0 Å². The van der Waals surface area contributed by atoms with Gasteiger partial charge in [-0.15, -0.1) is 0 Å². The molecule has 2 bridgehead atoms. The molecular formula is C39H53N9O6. The number of carbonyl (C=O) groups excluding carboxylic acids is 2.